The molecule has 11 heteroatoms. The topological polar surface area (TPSA) is 109 Å². The Morgan fingerprint density at radius 2 is 1.80 bits per heavy atom. The van der Waals surface area contributed by atoms with Crippen molar-refractivity contribution >= 4 is 45.5 Å². The maximum Gasteiger partial charge on any atom is 0.253 e. The van der Waals surface area contributed by atoms with E-state index in [1.165, 1.54) is 12.1 Å². The SMILES string of the molecule is CC(Oc1cc(-c2ccc(C(=O)N3CCS(O)(O)CC3)cc2)cnc1N)c1c(Cl)ccc(F)c1Cl. The summed E-state index contributed by atoms with van der Waals surface area (Å²) in [5.41, 5.74) is 8.28. The summed E-state index contributed by atoms with van der Waals surface area (Å²) in [6, 6.07) is 11.3. The number of aromatic nitrogens is 1. The first-order chi connectivity index (χ1) is 16.6. The largest absolute Gasteiger partial charge is 0.482 e. The molecule has 1 amide bonds. The summed E-state index contributed by atoms with van der Waals surface area (Å²) in [6.45, 7) is 2.30. The van der Waals surface area contributed by atoms with Crippen molar-refractivity contribution in [3.8, 4) is 16.9 Å². The average molecular weight is 540 g/mol. The van der Waals surface area contributed by atoms with E-state index in [2.05, 4.69) is 4.98 Å². The molecule has 1 atom stereocenters. The number of carbonyl (C=O) groups is 1. The monoisotopic (exact) mass is 539 g/mol. The van der Waals surface area contributed by atoms with Gasteiger partial charge in [0.15, 0.2) is 11.6 Å². The summed E-state index contributed by atoms with van der Waals surface area (Å²) in [4.78, 5) is 18.6. The highest BCUT2D eigenvalue weighted by Crippen LogP contribution is 2.40. The summed E-state index contributed by atoms with van der Waals surface area (Å²) in [7, 11) is -2.57. The smallest absolute Gasteiger partial charge is 0.253 e. The first-order valence-corrected chi connectivity index (χ1v) is 13.4. The van der Waals surface area contributed by atoms with Crippen molar-refractivity contribution in [1.29, 1.82) is 0 Å². The zero-order chi connectivity index (χ0) is 25.3. The quantitative estimate of drug-likeness (QED) is 0.337. The Hall–Kier alpha value is -2.56. The number of carbonyl (C=O) groups excluding carboxylic acids is 1. The number of nitrogens with two attached hydrogens (primary N) is 1. The third-order valence-corrected chi connectivity index (χ3v) is 8.19. The normalized spacial score (nSPS) is 17.0. The molecule has 0 bridgehead atoms. The minimum absolute atomic E-state index is 0.119. The summed E-state index contributed by atoms with van der Waals surface area (Å²) in [5, 5.41) is 0.150. The molecule has 4 N–H and O–H groups in total. The lowest BCUT2D eigenvalue weighted by Crippen LogP contribution is -2.42. The Kier molecular flexibility index (Phi) is 7.44. The second-order valence-corrected chi connectivity index (χ2v) is 11.4. The molecule has 4 rings (SSSR count). The lowest BCUT2D eigenvalue weighted by Gasteiger charge is -2.40. The molecule has 0 spiro atoms. The van der Waals surface area contributed by atoms with Crippen molar-refractivity contribution in [3.05, 3.63) is 75.7 Å². The summed E-state index contributed by atoms with van der Waals surface area (Å²) in [5.74, 6) is 0.0471. The van der Waals surface area contributed by atoms with Gasteiger partial charge < -0.3 is 15.4 Å². The molecule has 0 radical (unpaired) electrons. The number of hydrogen-bond donors (Lipinski definition) is 3. The van der Waals surface area contributed by atoms with E-state index in [4.69, 9.17) is 33.7 Å². The van der Waals surface area contributed by atoms with Crippen molar-refractivity contribution in [2.75, 3.05) is 30.3 Å². The zero-order valence-electron chi connectivity index (χ0n) is 18.7. The third-order valence-electron chi connectivity index (χ3n) is 5.80. The fourth-order valence-corrected chi connectivity index (χ4v) is 5.70. The standard InChI is InChI=1S/C24H24Cl2FN3O4S/c1-14(21-18(25)6-7-19(27)22(21)26)34-20-12-17(13-29-23(20)28)15-2-4-16(5-3-15)24(31)30-8-10-35(32,33)11-9-30/h2-7,12-14,32-33H,8-11H2,1H3,(H2,28,29). The number of hydrogen-bond acceptors (Lipinski definition) is 6. The van der Waals surface area contributed by atoms with Gasteiger partial charge in [0.05, 0.1) is 16.5 Å². The molecular weight excluding hydrogens is 516 g/mol. The van der Waals surface area contributed by atoms with Crippen LogP contribution >= 0.6 is 33.8 Å². The predicted molar refractivity (Wildman–Crippen MR) is 138 cm³/mol. The number of benzene rings is 2. The maximum atomic E-state index is 13.9. The van der Waals surface area contributed by atoms with Gasteiger partial charge in [0, 0.05) is 41.0 Å². The van der Waals surface area contributed by atoms with Gasteiger partial charge in [-0.1, -0.05) is 35.3 Å². The van der Waals surface area contributed by atoms with Crippen molar-refractivity contribution < 1.29 is 23.0 Å². The van der Waals surface area contributed by atoms with Gasteiger partial charge >= 0.3 is 0 Å². The van der Waals surface area contributed by atoms with Crippen LogP contribution in [0.15, 0.2) is 48.7 Å². The van der Waals surface area contributed by atoms with Crippen molar-refractivity contribution in [2.24, 2.45) is 0 Å². The highest BCUT2D eigenvalue weighted by Gasteiger charge is 2.26. The van der Waals surface area contributed by atoms with Crippen LogP contribution in [0.1, 0.15) is 28.9 Å². The lowest BCUT2D eigenvalue weighted by molar-refractivity contribution is 0.0768. The molecule has 1 fully saturated rings. The first-order valence-electron chi connectivity index (χ1n) is 10.7. The van der Waals surface area contributed by atoms with Crippen LogP contribution in [0.4, 0.5) is 10.2 Å². The Labute approximate surface area is 214 Å². The molecule has 1 aliphatic heterocycles. The molecule has 1 aromatic heterocycles. The number of anilines is 1. The average Bonchev–Trinajstić information content (AvgIpc) is 2.83. The van der Waals surface area contributed by atoms with Crippen LogP contribution in [0.2, 0.25) is 10.0 Å². The molecule has 1 aliphatic rings. The predicted octanol–water partition coefficient (Wildman–Crippen LogP) is 6.12. The Morgan fingerprint density at radius 3 is 2.46 bits per heavy atom. The highest BCUT2D eigenvalue weighted by atomic mass is 35.5. The van der Waals surface area contributed by atoms with Crippen molar-refractivity contribution in [1.82, 2.24) is 9.88 Å². The molecule has 35 heavy (non-hydrogen) atoms. The van der Waals surface area contributed by atoms with Crippen LogP contribution < -0.4 is 10.5 Å². The van der Waals surface area contributed by atoms with E-state index in [0.29, 0.717) is 29.8 Å². The molecule has 7 nitrogen and oxygen atoms in total. The Bertz CT molecular complexity index is 1250. The van der Waals surface area contributed by atoms with E-state index in [1.807, 2.05) is 0 Å². The highest BCUT2D eigenvalue weighted by molar-refractivity contribution is 8.24. The number of nitrogens with zero attached hydrogens (tertiary/aromatic N) is 2. The fourth-order valence-electron chi connectivity index (χ4n) is 3.79. The number of amides is 1. The Balaban J connectivity index is 1.52. The molecule has 1 unspecified atom stereocenters. The van der Waals surface area contributed by atoms with E-state index < -0.39 is 22.5 Å². The van der Waals surface area contributed by atoms with Gasteiger partial charge in [-0.2, -0.15) is 10.6 Å². The molecule has 2 heterocycles. The minimum atomic E-state index is -2.57. The molecule has 0 aliphatic carbocycles. The number of ether oxygens (including phenoxy) is 1. The lowest BCUT2D eigenvalue weighted by atomic mass is 10.0. The van der Waals surface area contributed by atoms with Gasteiger partial charge in [0.25, 0.3) is 5.91 Å². The van der Waals surface area contributed by atoms with E-state index >= 15 is 0 Å². The van der Waals surface area contributed by atoms with Gasteiger partial charge in [0.2, 0.25) is 0 Å². The molecule has 1 saturated heterocycles. The number of halogens is 3. The van der Waals surface area contributed by atoms with E-state index in [1.54, 1.807) is 48.4 Å². The van der Waals surface area contributed by atoms with Crippen LogP contribution in [0.3, 0.4) is 0 Å². The van der Waals surface area contributed by atoms with E-state index in [0.717, 1.165) is 5.56 Å². The van der Waals surface area contributed by atoms with Gasteiger partial charge in [0.1, 0.15) is 11.9 Å². The van der Waals surface area contributed by atoms with Gasteiger partial charge in [-0.05, 0) is 42.8 Å². The number of nitrogen functional groups attached to an aromatic ring is 1. The van der Waals surface area contributed by atoms with Crippen LogP contribution in [0.5, 0.6) is 5.75 Å². The van der Waals surface area contributed by atoms with Crippen LogP contribution in [0.25, 0.3) is 11.1 Å². The summed E-state index contributed by atoms with van der Waals surface area (Å²) >= 11 is 12.3. The molecule has 3 aromatic rings. The summed E-state index contributed by atoms with van der Waals surface area (Å²) < 4.78 is 39.4. The van der Waals surface area contributed by atoms with Gasteiger partial charge in [-0.25, -0.2) is 9.37 Å². The third kappa shape index (κ3) is 5.65. The molecular formula is C24H24Cl2FN3O4S. The fraction of sp³-hybridized carbons (Fsp3) is 0.250. The van der Waals surface area contributed by atoms with Gasteiger partial charge in [-0.15, -0.1) is 0 Å². The molecule has 2 aromatic carbocycles. The van der Waals surface area contributed by atoms with Gasteiger partial charge in [-0.3, -0.25) is 13.9 Å². The van der Waals surface area contributed by atoms with Crippen LogP contribution in [-0.4, -0.2) is 49.5 Å². The minimum Gasteiger partial charge on any atom is -0.482 e. The first kappa shape index (κ1) is 25.5. The number of rotatable bonds is 5. The van der Waals surface area contributed by atoms with Crippen molar-refractivity contribution in [2.45, 2.75) is 13.0 Å². The van der Waals surface area contributed by atoms with E-state index in [9.17, 15) is 18.3 Å². The maximum absolute atomic E-state index is 13.9. The number of pyridine rings is 1. The zero-order valence-corrected chi connectivity index (χ0v) is 21.1. The summed E-state index contributed by atoms with van der Waals surface area (Å²) in [6.07, 6.45) is 0.884. The van der Waals surface area contributed by atoms with Crippen molar-refractivity contribution in [3.63, 3.8) is 0 Å². The second-order valence-electron chi connectivity index (χ2n) is 8.20. The van der Waals surface area contributed by atoms with E-state index in [-0.39, 0.29) is 39.0 Å². The van der Waals surface area contributed by atoms with Crippen LogP contribution in [-0.2, 0) is 0 Å². The Morgan fingerprint density at radius 1 is 1.14 bits per heavy atom. The molecule has 186 valence electrons. The second kappa shape index (κ2) is 10.2. The molecule has 0 saturated carbocycles. The van der Waals surface area contributed by atoms with Crippen LogP contribution in [0, 0.1) is 5.82 Å².